The summed E-state index contributed by atoms with van der Waals surface area (Å²) in [6, 6.07) is 1.24. The first-order valence-electron chi connectivity index (χ1n) is 8.77. The molecule has 1 saturated carbocycles. The zero-order chi connectivity index (χ0) is 19.8. The normalized spacial score (nSPS) is 16.1. The van der Waals surface area contributed by atoms with Crippen molar-refractivity contribution in [2.24, 2.45) is 7.05 Å². The molecule has 0 spiro atoms. The number of hydrogen-bond donors (Lipinski definition) is 1. The molecule has 2 heterocycles. The third kappa shape index (κ3) is 3.74. The number of amides is 1. The number of nitrogens with one attached hydrogen (secondary N) is 1. The smallest absolute Gasteiger partial charge is 0.342 e. The maximum atomic E-state index is 13.1. The second-order valence-corrected chi connectivity index (χ2v) is 6.94. The molecule has 0 bridgehead atoms. The summed E-state index contributed by atoms with van der Waals surface area (Å²) >= 11 is 0. The molecule has 2 aromatic heterocycles. The van der Waals surface area contributed by atoms with Gasteiger partial charge in [0, 0.05) is 12.7 Å². The molecule has 1 aliphatic carbocycles. The van der Waals surface area contributed by atoms with Crippen LogP contribution in [0.15, 0.2) is 10.9 Å². The van der Waals surface area contributed by atoms with Crippen molar-refractivity contribution < 1.29 is 13.6 Å². The first-order chi connectivity index (χ1) is 12.7. The van der Waals surface area contributed by atoms with Crippen LogP contribution >= 0.6 is 0 Å². The van der Waals surface area contributed by atoms with E-state index in [1.54, 1.807) is 20.9 Å². The van der Waals surface area contributed by atoms with Crippen LogP contribution in [0.5, 0.6) is 0 Å². The van der Waals surface area contributed by atoms with Gasteiger partial charge in [0.05, 0.1) is 5.54 Å². The minimum Gasteiger partial charge on any atom is -0.342 e. The molecule has 1 fully saturated rings. The Kier molecular flexibility index (Phi) is 5.07. The molecule has 8 nitrogen and oxygen atoms in total. The number of alkyl halides is 2. The molecule has 0 unspecified atom stereocenters. The highest BCUT2D eigenvalue weighted by molar-refractivity contribution is 5.76. The van der Waals surface area contributed by atoms with Crippen LogP contribution in [-0.4, -0.2) is 30.2 Å². The lowest BCUT2D eigenvalue weighted by molar-refractivity contribution is -0.124. The van der Waals surface area contributed by atoms with Crippen LogP contribution in [0.4, 0.5) is 8.78 Å². The van der Waals surface area contributed by atoms with E-state index in [1.807, 2.05) is 0 Å². The Morgan fingerprint density at radius 2 is 1.96 bits per heavy atom. The molecule has 1 N–H and O–H groups in total. The van der Waals surface area contributed by atoms with Gasteiger partial charge in [-0.1, -0.05) is 12.8 Å². The number of rotatable bonds is 5. The van der Waals surface area contributed by atoms with Crippen LogP contribution in [0, 0.1) is 13.8 Å². The van der Waals surface area contributed by atoms with Crippen molar-refractivity contribution >= 4 is 5.91 Å². The van der Waals surface area contributed by atoms with Crippen molar-refractivity contribution in [1.82, 2.24) is 29.6 Å². The lowest BCUT2D eigenvalue weighted by Gasteiger charge is -2.29. The third-order valence-corrected chi connectivity index (χ3v) is 4.91. The van der Waals surface area contributed by atoms with Gasteiger partial charge in [-0.05, 0) is 32.8 Å². The molecule has 0 atom stereocenters. The standard InChI is InChI=1S/C17H22F2N6O2/c1-10-8-12(14(18)19)21-15(20-10)17(6-4-5-7-17)22-13(26)9-25-16(27)24(3)11(2)23-25/h8,14H,4-7,9H2,1-3H3,(H,22,26). The van der Waals surface area contributed by atoms with E-state index >= 15 is 0 Å². The predicted octanol–water partition coefficient (Wildman–Crippen LogP) is 1.51. The van der Waals surface area contributed by atoms with Crippen molar-refractivity contribution in [2.45, 2.75) is 58.0 Å². The second-order valence-electron chi connectivity index (χ2n) is 6.94. The van der Waals surface area contributed by atoms with Gasteiger partial charge in [0.1, 0.15) is 18.1 Å². The Morgan fingerprint density at radius 3 is 2.52 bits per heavy atom. The molecule has 1 amide bonds. The van der Waals surface area contributed by atoms with Gasteiger partial charge in [-0.25, -0.2) is 28.2 Å². The summed E-state index contributed by atoms with van der Waals surface area (Å²) in [5, 5.41) is 6.94. The molecular formula is C17H22F2N6O2. The number of nitrogens with zero attached hydrogens (tertiary/aromatic N) is 5. The fourth-order valence-corrected chi connectivity index (χ4v) is 3.44. The maximum absolute atomic E-state index is 13.1. The summed E-state index contributed by atoms with van der Waals surface area (Å²) in [5.41, 5.74) is -1.22. The van der Waals surface area contributed by atoms with E-state index in [0.717, 1.165) is 17.5 Å². The van der Waals surface area contributed by atoms with Crippen LogP contribution in [0.3, 0.4) is 0 Å². The summed E-state index contributed by atoms with van der Waals surface area (Å²) < 4.78 is 28.7. The Balaban J connectivity index is 1.88. The minimum absolute atomic E-state index is 0.202. The van der Waals surface area contributed by atoms with Gasteiger partial charge in [0.15, 0.2) is 5.82 Å². The maximum Gasteiger partial charge on any atom is 0.346 e. The van der Waals surface area contributed by atoms with E-state index in [4.69, 9.17) is 0 Å². The highest BCUT2D eigenvalue weighted by Gasteiger charge is 2.40. The third-order valence-electron chi connectivity index (χ3n) is 4.91. The summed E-state index contributed by atoms with van der Waals surface area (Å²) in [6.45, 7) is 3.04. The Morgan fingerprint density at radius 1 is 1.30 bits per heavy atom. The van der Waals surface area contributed by atoms with Crippen molar-refractivity contribution in [1.29, 1.82) is 0 Å². The molecule has 146 valence electrons. The van der Waals surface area contributed by atoms with Crippen LogP contribution < -0.4 is 11.0 Å². The van der Waals surface area contributed by atoms with Crippen LogP contribution in [0.2, 0.25) is 0 Å². The summed E-state index contributed by atoms with van der Waals surface area (Å²) in [5.74, 6) is 0.265. The average molecular weight is 380 g/mol. The van der Waals surface area contributed by atoms with E-state index in [2.05, 4.69) is 20.4 Å². The Bertz CT molecular complexity index is 915. The molecule has 0 aliphatic heterocycles. The molecule has 2 aromatic rings. The quantitative estimate of drug-likeness (QED) is 0.849. The lowest BCUT2D eigenvalue weighted by atomic mass is 9.95. The molecule has 3 rings (SSSR count). The predicted molar refractivity (Wildman–Crippen MR) is 92.2 cm³/mol. The fourth-order valence-electron chi connectivity index (χ4n) is 3.44. The molecule has 10 heteroatoms. The Labute approximate surface area is 154 Å². The van der Waals surface area contributed by atoms with Crippen LogP contribution in [0.25, 0.3) is 0 Å². The highest BCUT2D eigenvalue weighted by atomic mass is 19.3. The lowest BCUT2D eigenvalue weighted by Crippen LogP contribution is -2.47. The summed E-state index contributed by atoms with van der Waals surface area (Å²) in [4.78, 5) is 33.0. The van der Waals surface area contributed by atoms with Gasteiger partial charge in [0.2, 0.25) is 5.91 Å². The first-order valence-corrected chi connectivity index (χ1v) is 8.77. The number of aromatic nitrogens is 5. The largest absolute Gasteiger partial charge is 0.346 e. The van der Waals surface area contributed by atoms with Gasteiger partial charge < -0.3 is 5.32 Å². The number of carbonyl (C=O) groups excluding carboxylic acids is 1. The first kappa shape index (κ1) is 19.1. The zero-order valence-corrected chi connectivity index (χ0v) is 15.5. The van der Waals surface area contributed by atoms with Crippen molar-refractivity contribution in [2.75, 3.05) is 0 Å². The molecule has 0 radical (unpaired) electrons. The summed E-state index contributed by atoms with van der Waals surface area (Å²) in [6.07, 6.45) is 0.0472. The van der Waals surface area contributed by atoms with Crippen LogP contribution in [0.1, 0.15) is 55.1 Å². The number of hydrogen-bond acceptors (Lipinski definition) is 5. The van der Waals surface area contributed by atoms with E-state index in [0.29, 0.717) is 24.4 Å². The van der Waals surface area contributed by atoms with E-state index in [1.165, 1.54) is 10.6 Å². The molecule has 0 saturated heterocycles. The number of halogens is 2. The van der Waals surface area contributed by atoms with Crippen molar-refractivity contribution in [3.8, 4) is 0 Å². The van der Waals surface area contributed by atoms with Crippen LogP contribution in [-0.2, 0) is 23.9 Å². The number of carbonyl (C=O) groups is 1. The topological polar surface area (TPSA) is 94.7 Å². The molecule has 27 heavy (non-hydrogen) atoms. The Hall–Kier alpha value is -2.65. The van der Waals surface area contributed by atoms with Gasteiger partial charge in [-0.3, -0.25) is 9.36 Å². The summed E-state index contributed by atoms with van der Waals surface area (Å²) in [7, 11) is 1.57. The highest BCUT2D eigenvalue weighted by Crippen LogP contribution is 2.37. The molecule has 0 aromatic carbocycles. The van der Waals surface area contributed by atoms with E-state index in [9.17, 15) is 18.4 Å². The van der Waals surface area contributed by atoms with Gasteiger partial charge in [0.25, 0.3) is 6.43 Å². The van der Waals surface area contributed by atoms with Gasteiger partial charge >= 0.3 is 5.69 Å². The van der Waals surface area contributed by atoms with Crippen molar-refractivity contribution in [3.05, 3.63) is 39.6 Å². The fraction of sp³-hybridized carbons (Fsp3) is 0.588. The van der Waals surface area contributed by atoms with Gasteiger partial charge in [-0.15, -0.1) is 0 Å². The van der Waals surface area contributed by atoms with Gasteiger partial charge in [-0.2, -0.15) is 5.10 Å². The monoisotopic (exact) mass is 380 g/mol. The SMILES string of the molecule is Cc1cc(C(F)F)nc(C2(NC(=O)Cn3nc(C)n(C)c3=O)CCCC2)n1. The zero-order valence-electron chi connectivity index (χ0n) is 15.5. The molecule has 1 aliphatic rings. The van der Waals surface area contributed by atoms with E-state index in [-0.39, 0.29) is 18.1 Å². The second kappa shape index (κ2) is 7.16. The molecular weight excluding hydrogens is 358 g/mol. The minimum atomic E-state index is -2.71. The number of aryl methyl sites for hydroxylation is 2. The van der Waals surface area contributed by atoms with Crippen molar-refractivity contribution in [3.63, 3.8) is 0 Å². The average Bonchev–Trinajstić information content (AvgIpc) is 3.16. The van der Waals surface area contributed by atoms with E-state index < -0.39 is 23.6 Å².